The van der Waals surface area contributed by atoms with Crippen LogP contribution in [-0.4, -0.2) is 79.7 Å². The van der Waals surface area contributed by atoms with Gasteiger partial charge in [0.2, 0.25) is 5.78 Å². The van der Waals surface area contributed by atoms with Crippen LogP contribution < -0.4 is 5.73 Å². The number of carbonyl (C=O) groups is 3. The molecule has 1 fully saturated rings. The lowest BCUT2D eigenvalue weighted by molar-refractivity contribution is -0.169. The number of phenols is 1. The Morgan fingerprint density at radius 3 is 2.34 bits per heavy atom. The number of rotatable bonds is 2. The van der Waals surface area contributed by atoms with Crippen LogP contribution in [0.25, 0.3) is 5.76 Å². The molecule has 3 aliphatic rings. The first-order valence-electron chi connectivity index (χ1n) is 10.0. The Bertz CT molecular complexity index is 1140. The fourth-order valence-corrected chi connectivity index (χ4v) is 5.58. The number of phenolic OH excluding ortho intramolecular Hbond substituents is 1. The topological polar surface area (TPSA) is 182 Å². The van der Waals surface area contributed by atoms with Gasteiger partial charge in [0.25, 0.3) is 5.91 Å². The molecule has 1 aromatic carbocycles. The summed E-state index contributed by atoms with van der Waals surface area (Å²) >= 11 is 0. The predicted molar refractivity (Wildman–Crippen MR) is 110 cm³/mol. The maximum atomic E-state index is 13.7. The molecule has 4 rings (SSSR count). The van der Waals surface area contributed by atoms with Crippen molar-refractivity contribution in [2.75, 3.05) is 14.1 Å². The molecule has 0 bridgehead atoms. The van der Waals surface area contributed by atoms with Gasteiger partial charge in [-0.15, -0.1) is 0 Å². The fraction of sp³-hybridized carbons (Fsp3) is 0.409. The van der Waals surface area contributed by atoms with Crippen LogP contribution in [0.2, 0.25) is 0 Å². The lowest BCUT2D eigenvalue weighted by Crippen LogP contribution is -2.70. The van der Waals surface area contributed by atoms with E-state index in [0.717, 1.165) is 0 Å². The van der Waals surface area contributed by atoms with Crippen molar-refractivity contribution in [3.63, 3.8) is 0 Å². The van der Waals surface area contributed by atoms with Crippen molar-refractivity contribution in [3.05, 3.63) is 46.2 Å². The Morgan fingerprint density at radius 1 is 1.16 bits per heavy atom. The molecule has 170 valence electrons. The van der Waals surface area contributed by atoms with Gasteiger partial charge in [0.15, 0.2) is 11.4 Å². The number of likely N-dealkylation sites (N-methyl/N-ethyl adjacent to an activating group) is 1. The van der Waals surface area contributed by atoms with Crippen molar-refractivity contribution in [3.8, 4) is 5.75 Å². The number of aromatic hydroxyl groups is 1. The number of aliphatic hydroxyl groups excluding tert-OH is 3. The quantitative estimate of drug-likeness (QED) is 0.327. The molecule has 10 heteroatoms. The lowest BCUT2D eigenvalue weighted by Gasteiger charge is -2.53. The van der Waals surface area contributed by atoms with Gasteiger partial charge in [-0.25, -0.2) is 0 Å². The smallest absolute Gasteiger partial charge is 0.255 e. The van der Waals surface area contributed by atoms with Crippen LogP contribution in [-0.2, 0) is 14.4 Å². The number of Topliss-reactive ketones (excluding diaryl/α,β-unsaturated/α-hetero) is 2. The normalized spacial score (nSPS) is 34.4. The number of hydrogen-bond donors (Lipinski definition) is 6. The SMILES string of the molecule is C[C@@H]1c2cccc(O)c2C(O)=C2C(=O)[C@]3(O)C(O)=C(C(N)=O)C(=O)[C@@H](N(C)C)[C@@H]3[C@@H](O)[C@H]21. The molecular formula is C22H24N2O8. The Balaban J connectivity index is 2.07. The maximum absolute atomic E-state index is 13.7. The lowest BCUT2D eigenvalue weighted by atomic mass is 9.54. The second-order valence-corrected chi connectivity index (χ2v) is 8.79. The van der Waals surface area contributed by atoms with Crippen LogP contribution in [0.3, 0.4) is 0 Å². The van der Waals surface area contributed by atoms with E-state index in [0.29, 0.717) is 5.56 Å². The third-order valence-corrected chi connectivity index (χ3v) is 6.99. The van der Waals surface area contributed by atoms with E-state index >= 15 is 0 Å². The molecule has 0 spiro atoms. The number of hydrogen-bond acceptors (Lipinski definition) is 9. The molecule has 0 saturated heterocycles. The summed E-state index contributed by atoms with van der Waals surface area (Å²) in [5, 5.41) is 54.9. The average Bonchev–Trinajstić information content (AvgIpc) is 2.70. The largest absolute Gasteiger partial charge is 0.508 e. The zero-order valence-corrected chi connectivity index (χ0v) is 17.6. The summed E-state index contributed by atoms with van der Waals surface area (Å²) in [6.45, 7) is 1.68. The highest BCUT2D eigenvalue weighted by atomic mass is 16.4. The van der Waals surface area contributed by atoms with E-state index in [9.17, 15) is 39.9 Å². The van der Waals surface area contributed by atoms with Gasteiger partial charge in [-0.1, -0.05) is 19.1 Å². The fourth-order valence-electron chi connectivity index (χ4n) is 5.58. The van der Waals surface area contributed by atoms with E-state index in [-0.39, 0.29) is 11.3 Å². The third-order valence-electron chi connectivity index (χ3n) is 6.99. The second-order valence-electron chi connectivity index (χ2n) is 8.79. The van der Waals surface area contributed by atoms with E-state index < -0.39 is 75.6 Å². The van der Waals surface area contributed by atoms with Crippen LogP contribution in [0.4, 0.5) is 0 Å². The van der Waals surface area contributed by atoms with Gasteiger partial charge in [-0.3, -0.25) is 19.3 Å². The second kappa shape index (κ2) is 6.89. The summed E-state index contributed by atoms with van der Waals surface area (Å²) in [5.74, 6) is -8.87. The number of benzene rings is 1. The van der Waals surface area contributed by atoms with Crippen LogP contribution in [0.5, 0.6) is 5.75 Å². The van der Waals surface area contributed by atoms with Crippen molar-refractivity contribution < 1.29 is 39.9 Å². The predicted octanol–water partition coefficient (Wildman–Crippen LogP) is -0.504. The number of nitrogens with zero attached hydrogens (tertiary/aromatic N) is 1. The van der Waals surface area contributed by atoms with Gasteiger partial charge < -0.3 is 31.3 Å². The van der Waals surface area contributed by atoms with Crippen molar-refractivity contribution in [1.82, 2.24) is 4.90 Å². The van der Waals surface area contributed by atoms with Gasteiger partial charge in [0, 0.05) is 11.5 Å². The number of aliphatic hydroxyl groups is 4. The molecule has 6 atom stereocenters. The van der Waals surface area contributed by atoms with Crippen LogP contribution >= 0.6 is 0 Å². The summed E-state index contributed by atoms with van der Waals surface area (Å²) in [4.78, 5) is 40.0. The monoisotopic (exact) mass is 444 g/mol. The minimum atomic E-state index is -2.89. The van der Waals surface area contributed by atoms with Gasteiger partial charge in [-0.2, -0.15) is 0 Å². The molecule has 0 unspecified atom stereocenters. The molecule has 1 amide bonds. The number of amides is 1. The van der Waals surface area contributed by atoms with Gasteiger partial charge in [0.05, 0.1) is 23.6 Å². The molecule has 0 heterocycles. The van der Waals surface area contributed by atoms with Gasteiger partial charge in [0.1, 0.15) is 22.8 Å². The van der Waals surface area contributed by atoms with Crippen molar-refractivity contribution in [2.45, 2.75) is 30.6 Å². The minimum absolute atomic E-state index is 0.0245. The standard InChI is InChI=1S/C22H24N2O8/c1-7-8-5-4-6-9(25)11(8)16(26)12-10(7)17(27)14-15(24(2)3)18(28)13(21(23)31)20(30)22(14,32)19(12)29/h4-7,10,14-15,17,25-27,30,32H,1-3H3,(H2,23,31)/t7-,10+,14-,15+,17+,22+/m1/s1. The summed E-state index contributed by atoms with van der Waals surface area (Å²) < 4.78 is 0. The first-order valence-corrected chi connectivity index (χ1v) is 10.0. The van der Waals surface area contributed by atoms with Crippen LogP contribution in [0, 0.1) is 11.8 Å². The highest BCUT2D eigenvalue weighted by molar-refractivity contribution is 6.24. The summed E-state index contributed by atoms with van der Waals surface area (Å²) in [7, 11) is 2.92. The molecule has 3 aliphatic carbocycles. The Morgan fingerprint density at radius 2 is 1.78 bits per heavy atom. The number of fused-ring (bicyclic) bond motifs is 3. The number of carbonyl (C=O) groups excluding carboxylic acids is 3. The third kappa shape index (κ3) is 2.48. The highest BCUT2D eigenvalue weighted by Crippen LogP contribution is 2.55. The maximum Gasteiger partial charge on any atom is 0.255 e. The molecular weight excluding hydrogens is 420 g/mol. The molecule has 0 aromatic heterocycles. The Kier molecular flexibility index (Phi) is 4.74. The number of primary amides is 1. The van der Waals surface area contributed by atoms with E-state index in [4.69, 9.17) is 5.73 Å². The number of nitrogens with two attached hydrogens (primary N) is 1. The number of ketones is 2. The van der Waals surface area contributed by atoms with Crippen LogP contribution in [0.15, 0.2) is 35.1 Å². The summed E-state index contributed by atoms with van der Waals surface area (Å²) in [5.41, 5.74) is 1.47. The van der Waals surface area contributed by atoms with Gasteiger partial charge >= 0.3 is 0 Å². The van der Waals surface area contributed by atoms with Crippen molar-refractivity contribution >= 4 is 23.2 Å². The molecule has 7 N–H and O–H groups in total. The zero-order valence-electron chi connectivity index (χ0n) is 17.6. The average molecular weight is 444 g/mol. The zero-order chi connectivity index (χ0) is 23.9. The molecule has 0 aliphatic heterocycles. The van der Waals surface area contributed by atoms with E-state index in [1.54, 1.807) is 19.1 Å². The van der Waals surface area contributed by atoms with E-state index in [2.05, 4.69) is 0 Å². The minimum Gasteiger partial charge on any atom is -0.508 e. The van der Waals surface area contributed by atoms with E-state index in [1.807, 2.05) is 0 Å². The molecule has 0 radical (unpaired) electrons. The molecule has 1 aromatic rings. The Hall–Kier alpha value is -3.21. The van der Waals surface area contributed by atoms with Crippen molar-refractivity contribution in [2.24, 2.45) is 17.6 Å². The van der Waals surface area contributed by atoms with Gasteiger partial charge in [-0.05, 0) is 31.6 Å². The molecule has 32 heavy (non-hydrogen) atoms. The Labute approximate surface area is 182 Å². The summed E-state index contributed by atoms with van der Waals surface area (Å²) in [6.07, 6.45) is -1.59. The van der Waals surface area contributed by atoms with Crippen LogP contribution in [0.1, 0.15) is 24.0 Å². The highest BCUT2D eigenvalue weighted by Gasteiger charge is 2.68. The van der Waals surface area contributed by atoms with E-state index in [1.165, 1.54) is 25.1 Å². The first-order chi connectivity index (χ1) is 14.9. The molecule has 1 saturated carbocycles. The molecule has 10 nitrogen and oxygen atoms in total. The summed E-state index contributed by atoms with van der Waals surface area (Å²) in [6, 6.07) is 3.13. The van der Waals surface area contributed by atoms with Crippen molar-refractivity contribution in [1.29, 1.82) is 0 Å². The first kappa shape index (κ1) is 22.0.